The first-order chi connectivity index (χ1) is 15.7. The Labute approximate surface area is 189 Å². The number of carboxylic acids is 1. The van der Waals surface area contributed by atoms with Gasteiger partial charge >= 0.3 is 5.97 Å². The van der Waals surface area contributed by atoms with Crippen molar-refractivity contribution in [3.63, 3.8) is 0 Å². The minimum absolute atomic E-state index is 0.0578. The van der Waals surface area contributed by atoms with Gasteiger partial charge in [-0.25, -0.2) is 4.90 Å². The normalized spacial score (nSPS) is 26.9. The van der Waals surface area contributed by atoms with Crippen LogP contribution in [0.1, 0.15) is 19.4 Å². The van der Waals surface area contributed by atoms with Crippen LogP contribution < -0.4 is 10.2 Å². The van der Waals surface area contributed by atoms with Gasteiger partial charge in [0.2, 0.25) is 11.8 Å². The van der Waals surface area contributed by atoms with Crippen molar-refractivity contribution in [2.24, 2.45) is 17.8 Å². The van der Waals surface area contributed by atoms with Gasteiger partial charge in [-0.3, -0.25) is 29.8 Å². The molecular formula is C24H23N3O6. The number of carboxylic acid groups (broad SMARTS) is 1. The third kappa shape index (κ3) is 3.50. The molecule has 9 heteroatoms. The average molecular weight is 449 g/mol. The van der Waals surface area contributed by atoms with Gasteiger partial charge in [0.1, 0.15) is 5.54 Å². The Morgan fingerprint density at radius 3 is 2.45 bits per heavy atom. The standard InChI is InChI=1S/C24H23N3O6/c1-14(2)24(23(30)31)20-19(18(25-24)12-11-15-7-4-3-5-8-15)21(28)26(22(20)29)16-9-6-10-17(13-16)27(32)33/h3-14,18-20,25H,1-2H3,(H,30,31)/b12-11+. The summed E-state index contributed by atoms with van der Waals surface area (Å²) in [5, 5.41) is 24.5. The van der Waals surface area contributed by atoms with Crippen molar-refractivity contribution in [3.8, 4) is 0 Å². The summed E-state index contributed by atoms with van der Waals surface area (Å²) < 4.78 is 0. The zero-order valence-electron chi connectivity index (χ0n) is 18.0. The molecule has 2 aromatic carbocycles. The summed E-state index contributed by atoms with van der Waals surface area (Å²) in [5.74, 6) is -5.11. The maximum absolute atomic E-state index is 13.5. The molecule has 9 nitrogen and oxygen atoms in total. The highest BCUT2D eigenvalue weighted by molar-refractivity contribution is 6.24. The second kappa shape index (κ2) is 8.25. The predicted octanol–water partition coefficient (Wildman–Crippen LogP) is 2.87. The third-order valence-corrected chi connectivity index (χ3v) is 6.49. The molecule has 0 radical (unpaired) electrons. The van der Waals surface area contributed by atoms with Gasteiger partial charge in [0.25, 0.3) is 5.69 Å². The van der Waals surface area contributed by atoms with Crippen LogP contribution in [0.2, 0.25) is 0 Å². The number of benzene rings is 2. The first-order valence-electron chi connectivity index (χ1n) is 10.5. The summed E-state index contributed by atoms with van der Waals surface area (Å²) in [7, 11) is 0. The van der Waals surface area contributed by atoms with Crippen LogP contribution in [-0.2, 0) is 14.4 Å². The Bertz CT molecular complexity index is 1160. The Balaban J connectivity index is 1.80. The zero-order chi connectivity index (χ0) is 23.9. The summed E-state index contributed by atoms with van der Waals surface area (Å²) in [6, 6.07) is 13.8. The van der Waals surface area contributed by atoms with Crippen molar-refractivity contribution in [2.75, 3.05) is 4.90 Å². The van der Waals surface area contributed by atoms with E-state index in [1.165, 1.54) is 18.2 Å². The number of carbonyl (C=O) groups excluding carboxylic acids is 2. The van der Waals surface area contributed by atoms with Crippen LogP contribution in [0.25, 0.3) is 6.08 Å². The molecule has 0 spiro atoms. The predicted molar refractivity (Wildman–Crippen MR) is 120 cm³/mol. The lowest BCUT2D eigenvalue weighted by molar-refractivity contribution is -0.384. The maximum atomic E-state index is 13.5. The van der Waals surface area contributed by atoms with E-state index in [2.05, 4.69) is 5.32 Å². The van der Waals surface area contributed by atoms with Crippen molar-refractivity contribution in [1.82, 2.24) is 5.32 Å². The fourth-order valence-electron chi connectivity index (χ4n) is 4.90. The number of nitrogens with one attached hydrogen (secondary N) is 1. The molecule has 2 aromatic rings. The quantitative estimate of drug-likeness (QED) is 0.394. The van der Waals surface area contributed by atoms with Crippen molar-refractivity contribution in [3.05, 3.63) is 76.4 Å². The Hall–Kier alpha value is -3.85. The number of anilines is 1. The smallest absolute Gasteiger partial charge is 0.325 e. The average Bonchev–Trinajstić information content (AvgIpc) is 3.27. The molecule has 4 atom stereocenters. The Morgan fingerprint density at radius 1 is 1.15 bits per heavy atom. The van der Waals surface area contributed by atoms with E-state index in [1.54, 1.807) is 26.0 Å². The zero-order valence-corrected chi connectivity index (χ0v) is 18.0. The van der Waals surface area contributed by atoms with E-state index in [0.717, 1.165) is 16.5 Å². The number of nitro groups is 1. The van der Waals surface area contributed by atoms with Crippen LogP contribution in [-0.4, -0.2) is 39.4 Å². The monoisotopic (exact) mass is 449 g/mol. The highest BCUT2D eigenvalue weighted by atomic mass is 16.6. The summed E-state index contributed by atoms with van der Waals surface area (Å²) in [4.78, 5) is 51.0. The highest BCUT2D eigenvalue weighted by Gasteiger charge is 2.69. The van der Waals surface area contributed by atoms with Crippen molar-refractivity contribution in [2.45, 2.75) is 25.4 Å². The molecule has 4 rings (SSSR count). The van der Waals surface area contributed by atoms with Gasteiger partial charge in [-0.15, -0.1) is 0 Å². The van der Waals surface area contributed by atoms with Crippen LogP contribution in [0.15, 0.2) is 60.7 Å². The van der Waals surface area contributed by atoms with E-state index in [9.17, 15) is 29.6 Å². The SMILES string of the molecule is CC(C)C1(C(=O)O)NC(/C=C/c2ccccc2)C2C(=O)N(c3cccc([N+](=O)[O-])c3)C(=O)C21. The molecule has 0 saturated carbocycles. The molecule has 2 fully saturated rings. The van der Waals surface area contributed by atoms with E-state index in [4.69, 9.17) is 0 Å². The number of imide groups is 1. The first-order valence-corrected chi connectivity index (χ1v) is 10.5. The molecule has 0 aliphatic carbocycles. The van der Waals surface area contributed by atoms with Crippen LogP contribution in [0.5, 0.6) is 0 Å². The number of carbonyl (C=O) groups is 3. The highest BCUT2D eigenvalue weighted by Crippen LogP contribution is 2.48. The molecule has 0 bridgehead atoms. The van der Waals surface area contributed by atoms with Gasteiger partial charge in [0.05, 0.1) is 22.4 Å². The first kappa shape index (κ1) is 22.3. The summed E-state index contributed by atoms with van der Waals surface area (Å²) in [5.41, 5.74) is -1.02. The van der Waals surface area contributed by atoms with E-state index in [0.29, 0.717) is 0 Å². The topological polar surface area (TPSA) is 130 Å². The number of nitrogens with zero attached hydrogens (tertiary/aromatic N) is 2. The second-order valence-electron chi connectivity index (χ2n) is 8.56. The molecule has 0 aromatic heterocycles. The molecule has 2 heterocycles. The van der Waals surface area contributed by atoms with Crippen molar-refractivity contribution < 1.29 is 24.4 Å². The molecular weight excluding hydrogens is 426 g/mol. The lowest BCUT2D eigenvalue weighted by atomic mass is 9.73. The molecule has 2 aliphatic rings. The largest absolute Gasteiger partial charge is 0.480 e. The van der Waals surface area contributed by atoms with Gasteiger partial charge in [0, 0.05) is 18.2 Å². The van der Waals surface area contributed by atoms with E-state index in [1.807, 2.05) is 30.3 Å². The van der Waals surface area contributed by atoms with Gasteiger partial charge in [-0.05, 0) is 17.5 Å². The summed E-state index contributed by atoms with van der Waals surface area (Å²) in [6.07, 6.45) is 3.49. The second-order valence-corrected chi connectivity index (χ2v) is 8.56. The van der Waals surface area contributed by atoms with Gasteiger partial charge < -0.3 is 5.11 Å². The number of non-ortho nitro benzene ring substituents is 1. The number of nitro benzene ring substituents is 1. The lowest BCUT2D eigenvalue weighted by Crippen LogP contribution is -2.60. The number of amides is 2. The van der Waals surface area contributed by atoms with Gasteiger partial charge in [-0.1, -0.05) is 62.4 Å². The van der Waals surface area contributed by atoms with Crippen LogP contribution in [0.4, 0.5) is 11.4 Å². The van der Waals surface area contributed by atoms with E-state index < -0.39 is 52.0 Å². The Morgan fingerprint density at radius 2 is 1.85 bits per heavy atom. The van der Waals surface area contributed by atoms with Crippen LogP contribution in [0.3, 0.4) is 0 Å². The van der Waals surface area contributed by atoms with Gasteiger partial charge in [-0.2, -0.15) is 0 Å². The number of fused-ring (bicyclic) bond motifs is 1. The molecule has 2 aliphatic heterocycles. The molecule has 2 saturated heterocycles. The van der Waals surface area contributed by atoms with Gasteiger partial charge in [0.15, 0.2) is 0 Å². The minimum atomic E-state index is -1.67. The fraction of sp³-hybridized carbons (Fsp3) is 0.292. The summed E-state index contributed by atoms with van der Waals surface area (Å²) >= 11 is 0. The maximum Gasteiger partial charge on any atom is 0.325 e. The number of hydrogen-bond acceptors (Lipinski definition) is 6. The Kier molecular flexibility index (Phi) is 5.59. The molecule has 2 amide bonds. The number of hydrogen-bond donors (Lipinski definition) is 2. The number of rotatable bonds is 6. The van der Waals surface area contributed by atoms with Crippen LogP contribution in [0, 0.1) is 27.9 Å². The fourth-order valence-corrected chi connectivity index (χ4v) is 4.90. The lowest BCUT2D eigenvalue weighted by Gasteiger charge is -2.34. The molecule has 4 unspecified atom stereocenters. The molecule has 33 heavy (non-hydrogen) atoms. The molecule has 2 N–H and O–H groups in total. The molecule has 170 valence electrons. The van der Waals surface area contributed by atoms with Crippen molar-refractivity contribution >= 4 is 35.2 Å². The van der Waals surface area contributed by atoms with E-state index in [-0.39, 0.29) is 11.4 Å². The van der Waals surface area contributed by atoms with Crippen LogP contribution >= 0.6 is 0 Å². The third-order valence-electron chi connectivity index (χ3n) is 6.49. The summed E-state index contributed by atoms with van der Waals surface area (Å²) in [6.45, 7) is 3.38. The number of aliphatic carboxylic acids is 1. The minimum Gasteiger partial charge on any atom is -0.480 e. The van der Waals surface area contributed by atoms with Crippen molar-refractivity contribution in [1.29, 1.82) is 0 Å². The van der Waals surface area contributed by atoms with E-state index >= 15 is 0 Å².